The van der Waals surface area contributed by atoms with E-state index in [1.165, 1.54) is 12.0 Å². The number of carbonyl (C=O) groups is 2. The summed E-state index contributed by atoms with van der Waals surface area (Å²) in [5, 5.41) is 13.3. The Morgan fingerprint density at radius 2 is 2.07 bits per heavy atom. The van der Waals surface area contributed by atoms with Gasteiger partial charge in [-0.3, -0.25) is 9.69 Å². The molecule has 0 saturated carbocycles. The van der Waals surface area contributed by atoms with Crippen LogP contribution in [0.1, 0.15) is 44.8 Å². The topological polar surface area (TPSA) is 105 Å². The molecule has 2 aliphatic heterocycles. The fourth-order valence-electron chi connectivity index (χ4n) is 3.61. The molecular formula is C18H27N3O6. The lowest BCUT2D eigenvalue weighted by atomic mass is 9.93. The first-order chi connectivity index (χ1) is 12.9. The van der Waals surface area contributed by atoms with Gasteiger partial charge in [0, 0.05) is 25.7 Å². The molecule has 0 aliphatic carbocycles. The molecule has 2 unspecified atom stereocenters. The quantitative estimate of drug-likeness (QED) is 0.748. The second kappa shape index (κ2) is 8.16. The molecule has 1 aromatic rings. The third-order valence-electron chi connectivity index (χ3n) is 5.16. The van der Waals surface area contributed by atoms with Gasteiger partial charge < -0.3 is 24.0 Å². The number of likely N-dealkylation sites (tertiary alicyclic amines) is 1. The maximum Gasteiger partial charge on any atom is 0.409 e. The molecule has 150 valence electrons. The molecule has 3 heterocycles. The summed E-state index contributed by atoms with van der Waals surface area (Å²) in [5.74, 6) is 0.331. The molecule has 0 spiro atoms. The Kier molecular flexibility index (Phi) is 5.88. The van der Waals surface area contributed by atoms with E-state index in [1.807, 2.05) is 18.7 Å². The van der Waals surface area contributed by atoms with Gasteiger partial charge in [-0.25, -0.2) is 4.79 Å². The minimum Gasteiger partial charge on any atom is -0.468 e. The number of aromatic nitrogens is 1. The van der Waals surface area contributed by atoms with Crippen molar-refractivity contribution in [2.75, 3.05) is 31.6 Å². The molecule has 0 aromatic carbocycles. The maximum atomic E-state index is 12.0. The van der Waals surface area contributed by atoms with Crippen LogP contribution in [0.25, 0.3) is 0 Å². The SMILES string of the molecule is COC(=O)C(c1cc(N2CC(OC3CCCCN3C(=O)O)C2)no1)C(C)C. The number of methoxy groups -OCH3 is 1. The number of esters is 1. The van der Waals surface area contributed by atoms with Gasteiger partial charge in [-0.05, 0) is 25.2 Å². The summed E-state index contributed by atoms with van der Waals surface area (Å²) in [5.41, 5.74) is 0. The third-order valence-corrected chi connectivity index (χ3v) is 5.16. The number of hydrogen-bond donors (Lipinski definition) is 1. The fraction of sp³-hybridized carbons (Fsp3) is 0.722. The van der Waals surface area contributed by atoms with E-state index < -0.39 is 12.0 Å². The van der Waals surface area contributed by atoms with Crippen LogP contribution >= 0.6 is 0 Å². The first-order valence-corrected chi connectivity index (χ1v) is 9.35. The Labute approximate surface area is 158 Å². The van der Waals surface area contributed by atoms with Gasteiger partial charge in [0.2, 0.25) is 0 Å². The van der Waals surface area contributed by atoms with Gasteiger partial charge in [0.25, 0.3) is 0 Å². The number of ether oxygens (including phenoxy) is 2. The largest absolute Gasteiger partial charge is 0.468 e. The van der Waals surface area contributed by atoms with Crippen molar-refractivity contribution in [2.45, 2.75) is 51.4 Å². The van der Waals surface area contributed by atoms with Gasteiger partial charge >= 0.3 is 12.1 Å². The van der Waals surface area contributed by atoms with Gasteiger partial charge in [0.15, 0.2) is 11.6 Å². The molecule has 2 saturated heterocycles. The zero-order chi connectivity index (χ0) is 19.6. The zero-order valence-corrected chi connectivity index (χ0v) is 16.0. The Bertz CT molecular complexity index is 670. The summed E-state index contributed by atoms with van der Waals surface area (Å²) in [4.78, 5) is 26.7. The van der Waals surface area contributed by atoms with E-state index in [2.05, 4.69) is 5.16 Å². The number of rotatable bonds is 6. The number of amides is 1. The van der Waals surface area contributed by atoms with E-state index in [1.54, 1.807) is 6.07 Å². The number of carbonyl (C=O) groups excluding carboxylic acids is 1. The van der Waals surface area contributed by atoms with E-state index in [0.29, 0.717) is 31.2 Å². The molecule has 1 N–H and O–H groups in total. The van der Waals surface area contributed by atoms with Crippen molar-refractivity contribution in [3.8, 4) is 0 Å². The molecule has 1 amide bonds. The van der Waals surface area contributed by atoms with Crippen LogP contribution in [-0.2, 0) is 14.3 Å². The molecule has 3 rings (SSSR count). The molecule has 2 atom stereocenters. The summed E-state index contributed by atoms with van der Waals surface area (Å²) in [6.45, 7) is 5.60. The van der Waals surface area contributed by atoms with Gasteiger partial charge in [-0.15, -0.1) is 0 Å². The summed E-state index contributed by atoms with van der Waals surface area (Å²) in [6.07, 6.45) is 1.23. The average Bonchev–Trinajstić information content (AvgIpc) is 3.06. The van der Waals surface area contributed by atoms with Gasteiger partial charge in [0.1, 0.15) is 12.1 Å². The van der Waals surface area contributed by atoms with Gasteiger partial charge in [0.05, 0.1) is 13.2 Å². The van der Waals surface area contributed by atoms with E-state index in [0.717, 1.165) is 19.3 Å². The van der Waals surface area contributed by atoms with Crippen molar-refractivity contribution in [3.05, 3.63) is 11.8 Å². The van der Waals surface area contributed by atoms with Gasteiger partial charge in [-0.2, -0.15) is 0 Å². The van der Waals surface area contributed by atoms with Crippen molar-refractivity contribution in [1.29, 1.82) is 0 Å². The van der Waals surface area contributed by atoms with E-state index in [9.17, 15) is 14.7 Å². The summed E-state index contributed by atoms with van der Waals surface area (Å²) < 4.78 is 16.2. The van der Waals surface area contributed by atoms with Crippen LogP contribution < -0.4 is 4.90 Å². The zero-order valence-electron chi connectivity index (χ0n) is 16.0. The lowest BCUT2D eigenvalue weighted by Crippen LogP contribution is -2.56. The Morgan fingerprint density at radius 1 is 1.33 bits per heavy atom. The molecule has 1 aromatic heterocycles. The van der Waals surface area contributed by atoms with E-state index in [-0.39, 0.29) is 24.2 Å². The summed E-state index contributed by atoms with van der Waals surface area (Å²) in [6, 6.07) is 1.77. The minimum atomic E-state index is -0.931. The smallest absolute Gasteiger partial charge is 0.409 e. The number of hydrogen-bond acceptors (Lipinski definition) is 7. The van der Waals surface area contributed by atoms with Gasteiger partial charge in [-0.1, -0.05) is 19.0 Å². The number of nitrogens with zero attached hydrogens (tertiary/aromatic N) is 3. The standard InChI is InChI=1S/C18H27N3O6/c1-11(2)16(17(22)25-3)13-8-14(19-27-13)20-9-12(10-20)26-15-6-4-5-7-21(15)18(23)24/h8,11-12,15-16H,4-7,9-10H2,1-3H3,(H,23,24). The maximum absolute atomic E-state index is 12.0. The van der Waals surface area contributed by atoms with Crippen LogP contribution in [0.5, 0.6) is 0 Å². The fourth-order valence-corrected chi connectivity index (χ4v) is 3.61. The summed E-state index contributed by atoms with van der Waals surface area (Å²) >= 11 is 0. The van der Waals surface area contributed by atoms with Crippen molar-refractivity contribution < 1.29 is 28.7 Å². The Balaban J connectivity index is 1.56. The molecule has 2 aliphatic rings. The monoisotopic (exact) mass is 381 g/mol. The lowest BCUT2D eigenvalue weighted by Gasteiger charge is -2.43. The van der Waals surface area contributed by atoms with Crippen LogP contribution in [0.2, 0.25) is 0 Å². The highest BCUT2D eigenvalue weighted by molar-refractivity contribution is 5.77. The average molecular weight is 381 g/mol. The predicted octanol–water partition coefficient (Wildman–Crippen LogP) is 2.28. The van der Waals surface area contributed by atoms with Crippen molar-refractivity contribution >= 4 is 17.9 Å². The number of carboxylic acid groups (broad SMARTS) is 1. The van der Waals surface area contributed by atoms with Crippen LogP contribution in [-0.4, -0.2) is 66.3 Å². The molecule has 2 fully saturated rings. The minimum absolute atomic E-state index is 0.0269. The highest BCUT2D eigenvalue weighted by atomic mass is 16.5. The molecule has 9 nitrogen and oxygen atoms in total. The van der Waals surface area contributed by atoms with Crippen molar-refractivity contribution in [2.24, 2.45) is 5.92 Å². The molecule has 0 radical (unpaired) electrons. The highest BCUT2D eigenvalue weighted by Gasteiger charge is 2.37. The van der Waals surface area contributed by atoms with Crippen LogP contribution in [0.15, 0.2) is 10.6 Å². The molecule has 27 heavy (non-hydrogen) atoms. The molecule has 0 bridgehead atoms. The Morgan fingerprint density at radius 3 is 2.70 bits per heavy atom. The van der Waals surface area contributed by atoms with Crippen LogP contribution in [0.3, 0.4) is 0 Å². The van der Waals surface area contributed by atoms with E-state index in [4.69, 9.17) is 14.0 Å². The van der Waals surface area contributed by atoms with Crippen molar-refractivity contribution in [3.63, 3.8) is 0 Å². The highest BCUT2D eigenvalue weighted by Crippen LogP contribution is 2.31. The third kappa shape index (κ3) is 4.18. The summed E-state index contributed by atoms with van der Waals surface area (Å²) in [7, 11) is 1.36. The van der Waals surface area contributed by atoms with Crippen molar-refractivity contribution in [1.82, 2.24) is 10.1 Å². The van der Waals surface area contributed by atoms with Crippen LogP contribution in [0, 0.1) is 5.92 Å². The normalized spacial score (nSPS) is 21.9. The lowest BCUT2D eigenvalue weighted by molar-refractivity contribution is -0.144. The first-order valence-electron chi connectivity index (χ1n) is 9.35. The molecular weight excluding hydrogens is 354 g/mol. The second-order valence-electron chi connectivity index (χ2n) is 7.42. The van der Waals surface area contributed by atoms with Crippen LogP contribution in [0.4, 0.5) is 10.6 Å². The number of anilines is 1. The predicted molar refractivity (Wildman–Crippen MR) is 95.6 cm³/mol. The van der Waals surface area contributed by atoms with E-state index >= 15 is 0 Å². The second-order valence-corrected chi connectivity index (χ2v) is 7.42. The first kappa shape index (κ1) is 19.5. The molecule has 9 heteroatoms. The number of piperidine rings is 1. The Hall–Kier alpha value is -2.29.